The van der Waals surface area contributed by atoms with Crippen LogP contribution in [0.5, 0.6) is 0 Å². The molecule has 2 amide bonds. The number of rotatable bonds is 5. The molecule has 0 saturated carbocycles. The van der Waals surface area contributed by atoms with Crippen molar-refractivity contribution in [1.82, 2.24) is 9.80 Å². The molecule has 7 heteroatoms. The van der Waals surface area contributed by atoms with Gasteiger partial charge >= 0.3 is 0 Å². The van der Waals surface area contributed by atoms with Crippen LogP contribution in [-0.4, -0.2) is 47.8 Å². The zero-order chi connectivity index (χ0) is 22.5. The Labute approximate surface area is 199 Å². The first kappa shape index (κ1) is 23.1. The van der Waals surface area contributed by atoms with E-state index in [-0.39, 0.29) is 17.7 Å². The molecule has 5 nitrogen and oxygen atoms in total. The third-order valence-electron chi connectivity index (χ3n) is 6.43. The maximum atomic E-state index is 13.0. The smallest absolute Gasteiger partial charge is 0.255 e. The highest BCUT2D eigenvalue weighted by atomic mass is 35.5. The first-order chi connectivity index (χ1) is 15.5. The Morgan fingerprint density at radius 2 is 1.66 bits per heavy atom. The predicted octanol–water partition coefficient (Wildman–Crippen LogP) is 5.47. The van der Waals surface area contributed by atoms with Gasteiger partial charge < -0.3 is 10.2 Å². The quantitative estimate of drug-likeness (QED) is 0.625. The van der Waals surface area contributed by atoms with Crippen molar-refractivity contribution >= 4 is 40.7 Å². The minimum atomic E-state index is -0.0647. The molecule has 170 valence electrons. The van der Waals surface area contributed by atoms with Crippen molar-refractivity contribution < 1.29 is 9.59 Å². The zero-order valence-corrected chi connectivity index (χ0v) is 19.7. The van der Waals surface area contributed by atoms with Crippen molar-refractivity contribution in [2.45, 2.75) is 38.6 Å². The summed E-state index contributed by atoms with van der Waals surface area (Å²) < 4.78 is 0. The summed E-state index contributed by atoms with van der Waals surface area (Å²) in [4.78, 5) is 30.2. The van der Waals surface area contributed by atoms with Crippen molar-refractivity contribution in [2.24, 2.45) is 5.92 Å². The highest BCUT2D eigenvalue weighted by Gasteiger charge is 2.27. The van der Waals surface area contributed by atoms with E-state index in [0.29, 0.717) is 21.3 Å². The van der Waals surface area contributed by atoms with Crippen LogP contribution in [0.1, 0.15) is 48.0 Å². The third kappa shape index (κ3) is 5.64. The number of hydrogen-bond acceptors (Lipinski definition) is 3. The number of carbonyl (C=O) groups excluding carboxylic acids is 2. The number of hydrogen-bond donors (Lipinski definition) is 1. The van der Waals surface area contributed by atoms with E-state index in [1.807, 2.05) is 41.3 Å². The third-order valence-corrected chi connectivity index (χ3v) is 7.01. The standard InChI is InChI=1S/C25H29Cl2N3O2/c26-20-9-8-19(22(27)16-20)17-29-14-10-18(11-15-29)24(31)28-23-7-3-2-6-21(23)25(32)30-12-4-1-5-13-30/h2-3,6-9,16,18H,1,4-5,10-15,17H2,(H,28,31). The highest BCUT2D eigenvalue weighted by Crippen LogP contribution is 2.26. The van der Waals surface area contributed by atoms with Crippen LogP contribution in [0.2, 0.25) is 10.0 Å². The van der Waals surface area contributed by atoms with Gasteiger partial charge in [-0.1, -0.05) is 41.4 Å². The molecule has 2 aliphatic heterocycles. The van der Waals surface area contributed by atoms with Crippen LogP contribution < -0.4 is 5.32 Å². The minimum Gasteiger partial charge on any atom is -0.339 e. The number of nitrogens with one attached hydrogen (secondary N) is 1. The van der Waals surface area contributed by atoms with E-state index < -0.39 is 0 Å². The zero-order valence-electron chi connectivity index (χ0n) is 18.2. The molecule has 0 aliphatic carbocycles. The minimum absolute atomic E-state index is 0.00642. The van der Waals surface area contributed by atoms with Crippen LogP contribution in [0.25, 0.3) is 0 Å². The van der Waals surface area contributed by atoms with E-state index in [1.54, 1.807) is 6.07 Å². The summed E-state index contributed by atoms with van der Waals surface area (Å²) in [6.45, 7) is 3.97. The number of piperidine rings is 2. The summed E-state index contributed by atoms with van der Waals surface area (Å²) >= 11 is 12.3. The lowest BCUT2D eigenvalue weighted by Gasteiger charge is -2.32. The van der Waals surface area contributed by atoms with Crippen molar-refractivity contribution in [3.8, 4) is 0 Å². The average molecular weight is 474 g/mol. The van der Waals surface area contributed by atoms with E-state index in [9.17, 15) is 9.59 Å². The SMILES string of the molecule is O=C(Nc1ccccc1C(=O)N1CCCCC1)C1CCN(Cc2ccc(Cl)cc2Cl)CC1. The lowest BCUT2D eigenvalue weighted by atomic mass is 9.95. The largest absolute Gasteiger partial charge is 0.339 e. The van der Waals surface area contributed by atoms with Gasteiger partial charge in [0.15, 0.2) is 0 Å². The summed E-state index contributed by atoms with van der Waals surface area (Å²) in [5.41, 5.74) is 2.24. The summed E-state index contributed by atoms with van der Waals surface area (Å²) in [6, 6.07) is 12.9. The van der Waals surface area contributed by atoms with Gasteiger partial charge in [-0.25, -0.2) is 0 Å². The van der Waals surface area contributed by atoms with Gasteiger partial charge in [-0.05, 0) is 75.0 Å². The fourth-order valence-corrected chi connectivity index (χ4v) is 4.99. The number of para-hydroxylation sites is 1. The number of halogens is 2. The van der Waals surface area contributed by atoms with Gasteiger partial charge in [0.2, 0.25) is 5.91 Å². The molecule has 0 aromatic heterocycles. The molecule has 0 spiro atoms. The summed E-state index contributed by atoms with van der Waals surface area (Å²) in [7, 11) is 0. The Morgan fingerprint density at radius 1 is 0.938 bits per heavy atom. The molecule has 0 bridgehead atoms. The van der Waals surface area contributed by atoms with Crippen molar-refractivity contribution in [3.63, 3.8) is 0 Å². The second-order valence-corrected chi connectivity index (χ2v) is 9.52. The van der Waals surface area contributed by atoms with Crippen molar-refractivity contribution in [3.05, 3.63) is 63.6 Å². The van der Waals surface area contributed by atoms with Gasteiger partial charge in [0.1, 0.15) is 0 Å². The number of nitrogens with zero attached hydrogens (tertiary/aromatic N) is 2. The Morgan fingerprint density at radius 3 is 2.38 bits per heavy atom. The first-order valence-corrected chi connectivity index (χ1v) is 12.1. The first-order valence-electron chi connectivity index (χ1n) is 11.4. The molecule has 0 unspecified atom stereocenters. The molecule has 2 fully saturated rings. The van der Waals surface area contributed by atoms with Gasteiger partial charge in [0.05, 0.1) is 11.3 Å². The van der Waals surface area contributed by atoms with Crippen molar-refractivity contribution in [2.75, 3.05) is 31.5 Å². The maximum Gasteiger partial charge on any atom is 0.255 e. The second-order valence-electron chi connectivity index (χ2n) is 8.67. The lowest BCUT2D eigenvalue weighted by molar-refractivity contribution is -0.121. The van der Waals surface area contributed by atoms with Gasteiger partial charge in [-0.3, -0.25) is 14.5 Å². The molecule has 0 atom stereocenters. The molecule has 2 heterocycles. The van der Waals surface area contributed by atoms with Crippen LogP contribution in [0.3, 0.4) is 0 Å². The molecular weight excluding hydrogens is 445 g/mol. The fourth-order valence-electron chi connectivity index (χ4n) is 4.52. The van der Waals surface area contributed by atoms with E-state index in [0.717, 1.165) is 64.0 Å². The summed E-state index contributed by atoms with van der Waals surface area (Å²) in [6.07, 6.45) is 4.81. The van der Waals surface area contributed by atoms with Gasteiger partial charge in [0, 0.05) is 35.6 Å². The normalized spacial score (nSPS) is 17.9. The predicted molar refractivity (Wildman–Crippen MR) is 129 cm³/mol. The van der Waals surface area contributed by atoms with E-state index in [2.05, 4.69) is 10.2 Å². The average Bonchev–Trinajstić information content (AvgIpc) is 2.82. The Kier molecular flexibility index (Phi) is 7.71. The van der Waals surface area contributed by atoms with Crippen LogP contribution >= 0.6 is 23.2 Å². The van der Waals surface area contributed by atoms with Gasteiger partial charge in [0.25, 0.3) is 5.91 Å². The second kappa shape index (κ2) is 10.7. The number of amides is 2. The lowest BCUT2D eigenvalue weighted by Crippen LogP contribution is -2.38. The summed E-state index contributed by atoms with van der Waals surface area (Å²) in [5.74, 6) is -0.0617. The van der Waals surface area contributed by atoms with Crippen LogP contribution in [0.15, 0.2) is 42.5 Å². The number of carbonyl (C=O) groups is 2. The fraction of sp³-hybridized carbons (Fsp3) is 0.440. The maximum absolute atomic E-state index is 13.0. The van der Waals surface area contributed by atoms with Gasteiger partial charge in [-0.15, -0.1) is 0 Å². The Balaban J connectivity index is 1.34. The van der Waals surface area contributed by atoms with Crippen LogP contribution in [0.4, 0.5) is 5.69 Å². The molecule has 2 aromatic rings. The number of anilines is 1. The van der Waals surface area contributed by atoms with Crippen LogP contribution in [0, 0.1) is 5.92 Å². The van der Waals surface area contributed by atoms with Gasteiger partial charge in [-0.2, -0.15) is 0 Å². The molecule has 4 rings (SSSR count). The molecule has 2 saturated heterocycles. The topological polar surface area (TPSA) is 52.7 Å². The molecule has 32 heavy (non-hydrogen) atoms. The number of likely N-dealkylation sites (tertiary alicyclic amines) is 2. The van der Waals surface area contributed by atoms with Crippen LogP contribution in [-0.2, 0) is 11.3 Å². The van der Waals surface area contributed by atoms with Crippen molar-refractivity contribution in [1.29, 1.82) is 0 Å². The van der Waals surface area contributed by atoms with E-state index in [4.69, 9.17) is 23.2 Å². The highest BCUT2D eigenvalue weighted by molar-refractivity contribution is 6.35. The summed E-state index contributed by atoms with van der Waals surface area (Å²) in [5, 5.41) is 4.35. The number of benzene rings is 2. The molecule has 1 N–H and O–H groups in total. The van der Waals surface area contributed by atoms with E-state index >= 15 is 0 Å². The Bertz CT molecular complexity index is 967. The molecular formula is C25H29Cl2N3O2. The van der Waals surface area contributed by atoms with E-state index in [1.165, 1.54) is 6.42 Å². The molecule has 0 radical (unpaired) electrons. The molecule has 2 aliphatic rings. The Hall–Kier alpha value is -2.08. The molecule has 2 aromatic carbocycles. The monoisotopic (exact) mass is 473 g/mol.